The number of para-hydroxylation sites is 2. The average molecular weight is 287 g/mol. The zero-order valence-corrected chi connectivity index (χ0v) is 12.4. The van der Waals surface area contributed by atoms with Gasteiger partial charge in [-0.15, -0.1) is 0 Å². The summed E-state index contributed by atoms with van der Waals surface area (Å²) in [6.45, 7) is 5.67. The number of carboxylic acids is 1. The molecule has 0 radical (unpaired) electrons. The summed E-state index contributed by atoms with van der Waals surface area (Å²) in [6, 6.07) is 16.3. The molecule has 0 atom stereocenters. The van der Waals surface area contributed by atoms with Gasteiger partial charge in [-0.3, -0.25) is 0 Å². The van der Waals surface area contributed by atoms with Gasteiger partial charge in [0.05, 0.1) is 11.3 Å². The molecular formula is C17H21NO3. The van der Waals surface area contributed by atoms with Crippen LogP contribution in [0.3, 0.4) is 0 Å². The topological polar surface area (TPSA) is 58.6 Å². The standard InChI is InChI=1S/C13H11NO2.C4H10O/c15-13(16)11-8-4-5-9-12(11)14-10-6-2-1-3-7-10;1-3-5-4-2/h1-9,14H,(H,15,16);3-4H2,1-2H3. The van der Waals surface area contributed by atoms with E-state index in [2.05, 4.69) is 5.32 Å². The summed E-state index contributed by atoms with van der Waals surface area (Å²) >= 11 is 0. The van der Waals surface area contributed by atoms with Crippen LogP contribution in [0.15, 0.2) is 54.6 Å². The van der Waals surface area contributed by atoms with Crippen molar-refractivity contribution in [1.29, 1.82) is 0 Å². The Morgan fingerprint density at radius 3 is 2.10 bits per heavy atom. The van der Waals surface area contributed by atoms with E-state index in [4.69, 9.17) is 9.84 Å². The highest BCUT2D eigenvalue weighted by atomic mass is 16.5. The molecule has 0 aliphatic carbocycles. The summed E-state index contributed by atoms with van der Waals surface area (Å²) in [5, 5.41) is 12.1. The van der Waals surface area contributed by atoms with Crippen LogP contribution in [0.5, 0.6) is 0 Å². The van der Waals surface area contributed by atoms with E-state index in [1.54, 1.807) is 24.3 Å². The van der Waals surface area contributed by atoms with Crippen LogP contribution in [-0.4, -0.2) is 24.3 Å². The van der Waals surface area contributed by atoms with Gasteiger partial charge in [-0.25, -0.2) is 4.79 Å². The number of aromatic carboxylic acids is 1. The molecule has 0 aliphatic heterocycles. The second-order valence-electron chi connectivity index (χ2n) is 4.12. The SMILES string of the molecule is CCOCC.O=C(O)c1ccccc1Nc1ccccc1. The molecule has 0 amide bonds. The second kappa shape index (κ2) is 9.55. The Labute approximate surface area is 125 Å². The molecule has 0 unspecified atom stereocenters. The molecule has 0 spiro atoms. The van der Waals surface area contributed by atoms with Crippen molar-refractivity contribution in [3.05, 3.63) is 60.2 Å². The first-order valence-corrected chi connectivity index (χ1v) is 6.91. The number of hydrogen-bond acceptors (Lipinski definition) is 3. The van der Waals surface area contributed by atoms with Crippen LogP contribution in [0.1, 0.15) is 24.2 Å². The minimum Gasteiger partial charge on any atom is -0.478 e. The van der Waals surface area contributed by atoms with Crippen LogP contribution in [0, 0.1) is 0 Å². The van der Waals surface area contributed by atoms with E-state index in [9.17, 15) is 4.79 Å². The van der Waals surface area contributed by atoms with Gasteiger partial charge in [-0.2, -0.15) is 0 Å². The monoisotopic (exact) mass is 287 g/mol. The molecule has 4 nitrogen and oxygen atoms in total. The highest BCUT2D eigenvalue weighted by Crippen LogP contribution is 2.20. The van der Waals surface area contributed by atoms with Crippen molar-refractivity contribution in [3.8, 4) is 0 Å². The fraction of sp³-hybridized carbons (Fsp3) is 0.235. The summed E-state index contributed by atoms with van der Waals surface area (Å²) in [4.78, 5) is 11.0. The molecule has 0 aliphatic rings. The third-order valence-corrected chi connectivity index (χ3v) is 2.62. The lowest BCUT2D eigenvalue weighted by molar-refractivity contribution is 0.0698. The molecule has 0 saturated heterocycles. The Morgan fingerprint density at radius 1 is 1.00 bits per heavy atom. The van der Waals surface area contributed by atoms with Crippen molar-refractivity contribution in [1.82, 2.24) is 0 Å². The lowest BCUT2D eigenvalue weighted by atomic mass is 10.1. The number of benzene rings is 2. The Morgan fingerprint density at radius 2 is 1.57 bits per heavy atom. The highest BCUT2D eigenvalue weighted by molar-refractivity contribution is 5.95. The van der Waals surface area contributed by atoms with Crippen molar-refractivity contribution < 1.29 is 14.6 Å². The molecule has 0 saturated carbocycles. The first kappa shape index (κ1) is 16.7. The Hall–Kier alpha value is -2.33. The van der Waals surface area contributed by atoms with Crippen LogP contribution in [0.2, 0.25) is 0 Å². The Balaban J connectivity index is 0.000000383. The third kappa shape index (κ3) is 6.10. The summed E-state index contributed by atoms with van der Waals surface area (Å²) < 4.78 is 4.83. The maximum Gasteiger partial charge on any atom is 0.337 e. The molecule has 2 aromatic carbocycles. The van der Waals surface area contributed by atoms with E-state index in [1.165, 1.54) is 0 Å². The summed E-state index contributed by atoms with van der Waals surface area (Å²) in [5.74, 6) is -0.931. The lowest BCUT2D eigenvalue weighted by Crippen LogP contribution is -2.01. The predicted octanol–water partition coefficient (Wildman–Crippen LogP) is 4.17. The van der Waals surface area contributed by atoms with Gasteiger partial charge in [0.2, 0.25) is 0 Å². The van der Waals surface area contributed by atoms with Crippen molar-refractivity contribution in [2.45, 2.75) is 13.8 Å². The summed E-state index contributed by atoms with van der Waals surface area (Å²) in [5.41, 5.74) is 1.74. The summed E-state index contributed by atoms with van der Waals surface area (Å²) in [7, 11) is 0. The van der Waals surface area contributed by atoms with E-state index in [-0.39, 0.29) is 5.56 Å². The van der Waals surface area contributed by atoms with Crippen LogP contribution >= 0.6 is 0 Å². The van der Waals surface area contributed by atoms with Gasteiger partial charge in [-0.1, -0.05) is 30.3 Å². The largest absolute Gasteiger partial charge is 0.478 e. The molecule has 2 rings (SSSR count). The number of carbonyl (C=O) groups is 1. The molecule has 112 valence electrons. The van der Waals surface area contributed by atoms with E-state index >= 15 is 0 Å². The molecule has 2 aromatic rings. The zero-order valence-electron chi connectivity index (χ0n) is 12.4. The normalized spacial score (nSPS) is 9.43. The smallest absolute Gasteiger partial charge is 0.337 e. The van der Waals surface area contributed by atoms with Gasteiger partial charge in [-0.05, 0) is 38.1 Å². The molecule has 0 bridgehead atoms. The van der Waals surface area contributed by atoms with Gasteiger partial charge in [0, 0.05) is 18.9 Å². The number of hydrogen-bond donors (Lipinski definition) is 2. The Bertz CT molecular complexity index is 539. The van der Waals surface area contributed by atoms with Crippen molar-refractivity contribution in [3.63, 3.8) is 0 Å². The Kier molecular flexibility index (Phi) is 7.61. The highest BCUT2D eigenvalue weighted by Gasteiger charge is 2.08. The number of anilines is 2. The lowest BCUT2D eigenvalue weighted by Gasteiger charge is -2.08. The fourth-order valence-corrected chi connectivity index (χ4v) is 1.66. The van der Waals surface area contributed by atoms with E-state index < -0.39 is 5.97 Å². The van der Waals surface area contributed by atoms with Gasteiger partial charge >= 0.3 is 5.97 Å². The van der Waals surface area contributed by atoms with Gasteiger partial charge < -0.3 is 15.2 Å². The second-order valence-corrected chi connectivity index (χ2v) is 4.12. The average Bonchev–Trinajstić information content (AvgIpc) is 2.50. The van der Waals surface area contributed by atoms with E-state index in [0.717, 1.165) is 18.9 Å². The molecule has 0 fully saturated rings. The summed E-state index contributed by atoms with van der Waals surface area (Å²) in [6.07, 6.45) is 0. The van der Waals surface area contributed by atoms with Crippen LogP contribution < -0.4 is 5.32 Å². The first-order valence-electron chi connectivity index (χ1n) is 6.91. The third-order valence-electron chi connectivity index (χ3n) is 2.62. The molecule has 2 N–H and O–H groups in total. The van der Waals surface area contributed by atoms with E-state index in [0.29, 0.717) is 5.69 Å². The molecule has 0 aromatic heterocycles. The maximum absolute atomic E-state index is 11.0. The minimum absolute atomic E-state index is 0.270. The minimum atomic E-state index is -0.931. The van der Waals surface area contributed by atoms with Gasteiger partial charge in [0.15, 0.2) is 0 Å². The van der Waals surface area contributed by atoms with E-state index in [1.807, 2.05) is 44.2 Å². The first-order chi connectivity index (χ1) is 10.2. The van der Waals surface area contributed by atoms with Gasteiger partial charge in [0.1, 0.15) is 0 Å². The molecular weight excluding hydrogens is 266 g/mol. The number of nitrogens with one attached hydrogen (secondary N) is 1. The fourth-order valence-electron chi connectivity index (χ4n) is 1.66. The number of ether oxygens (including phenoxy) is 1. The number of rotatable bonds is 5. The quantitative estimate of drug-likeness (QED) is 0.866. The maximum atomic E-state index is 11.0. The molecule has 21 heavy (non-hydrogen) atoms. The molecule has 0 heterocycles. The number of carboxylic acid groups (broad SMARTS) is 1. The molecule has 4 heteroatoms. The van der Waals surface area contributed by atoms with Crippen molar-refractivity contribution >= 4 is 17.3 Å². The van der Waals surface area contributed by atoms with Crippen molar-refractivity contribution in [2.75, 3.05) is 18.5 Å². The predicted molar refractivity (Wildman–Crippen MR) is 85.3 cm³/mol. The van der Waals surface area contributed by atoms with Crippen LogP contribution in [0.25, 0.3) is 0 Å². The van der Waals surface area contributed by atoms with Crippen LogP contribution in [-0.2, 0) is 4.74 Å². The van der Waals surface area contributed by atoms with Crippen molar-refractivity contribution in [2.24, 2.45) is 0 Å². The zero-order chi connectivity index (χ0) is 15.5. The van der Waals surface area contributed by atoms with Crippen LogP contribution in [0.4, 0.5) is 11.4 Å². The van der Waals surface area contributed by atoms with Gasteiger partial charge in [0.25, 0.3) is 0 Å².